The third kappa shape index (κ3) is 7.12. The topological polar surface area (TPSA) is 3.24 Å². The third-order valence-electron chi connectivity index (χ3n) is 7.34. The highest BCUT2D eigenvalue weighted by molar-refractivity contribution is 7.98. The van der Waals surface area contributed by atoms with Gasteiger partial charge in [-0.2, -0.15) is 0 Å². The first-order valence-corrected chi connectivity index (χ1v) is 13.8. The second kappa shape index (κ2) is 12.1. The number of nitrogens with zero attached hydrogens (tertiary/aromatic N) is 1. The van der Waals surface area contributed by atoms with E-state index in [0.29, 0.717) is 5.41 Å². The zero-order valence-corrected chi connectivity index (χ0v) is 21.1. The molecule has 0 bridgehead atoms. The van der Waals surface area contributed by atoms with Crippen LogP contribution in [0, 0.1) is 11.3 Å². The van der Waals surface area contributed by atoms with Gasteiger partial charge in [-0.3, -0.25) is 0 Å². The molecule has 0 radical (unpaired) electrons. The van der Waals surface area contributed by atoms with Gasteiger partial charge in [0.25, 0.3) is 0 Å². The molecule has 2 aromatic rings. The van der Waals surface area contributed by atoms with E-state index in [2.05, 4.69) is 66.6 Å². The average molecular weight is 438 g/mol. The van der Waals surface area contributed by atoms with Crippen molar-refractivity contribution in [2.45, 2.75) is 77.0 Å². The van der Waals surface area contributed by atoms with E-state index in [1.165, 1.54) is 92.6 Å². The Bertz CT molecular complexity index is 750. The first kappa shape index (κ1) is 24.4. The number of thioether (sulfide) groups is 1. The molecule has 1 nitrogen and oxygen atoms in total. The molecule has 2 fully saturated rings. The summed E-state index contributed by atoms with van der Waals surface area (Å²) in [5.74, 6) is 0.918. The van der Waals surface area contributed by atoms with E-state index in [-0.39, 0.29) is 0 Å². The van der Waals surface area contributed by atoms with Gasteiger partial charge in [0.05, 0.1) is 0 Å². The van der Waals surface area contributed by atoms with Crippen molar-refractivity contribution < 1.29 is 0 Å². The highest BCUT2D eigenvalue weighted by Gasteiger charge is 2.31. The fraction of sp³-hybridized carbons (Fsp3) is 0.586. The summed E-state index contributed by atoms with van der Waals surface area (Å²) in [6, 6.07) is 18.2. The Labute approximate surface area is 196 Å². The first-order valence-electron chi connectivity index (χ1n) is 12.6. The minimum atomic E-state index is 0.615. The number of hydrogen-bond acceptors (Lipinski definition) is 2. The first-order chi connectivity index (χ1) is 15.1. The Kier molecular flexibility index (Phi) is 9.53. The van der Waals surface area contributed by atoms with Gasteiger partial charge in [0.2, 0.25) is 0 Å². The summed E-state index contributed by atoms with van der Waals surface area (Å²) in [7, 11) is 0. The Morgan fingerprint density at radius 2 is 1.42 bits per heavy atom. The summed E-state index contributed by atoms with van der Waals surface area (Å²) < 4.78 is 0. The number of rotatable bonds is 7. The van der Waals surface area contributed by atoms with Crippen molar-refractivity contribution >= 4 is 11.8 Å². The lowest BCUT2D eigenvalue weighted by atomic mass is 9.85. The van der Waals surface area contributed by atoms with Crippen LogP contribution < -0.4 is 0 Å². The summed E-state index contributed by atoms with van der Waals surface area (Å²) in [6.45, 7) is 10.5. The molecule has 0 unspecified atom stereocenters. The predicted octanol–water partition coefficient (Wildman–Crippen LogP) is 8.33. The van der Waals surface area contributed by atoms with Gasteiger partial charge in [-0.25, -0.2) is 0 Å². The lowest BCUT2D eigenvalue weighted by molar-refractivity contribution is 0.119. The molecule has 0 atom stereocenters. The van der Waals surface area contributed by atoms with Crippen molar-refractivity contribution in [1.29, 1.82) is 0 Å². The maximum atomic E-state index is 2.76. The molecule has 31 heavy (non-hydrogen) atoms. The highest BCUT2D eigenvalue weighted by Crippen LogP contribution is 2.39. The van der Waals surface area contributed by atoms with Gasteiger partial charge in [-0.05, 0) is 98.0 Å². The van der Waals surface area contributed by atoms with Crippen LogP contribution in [0.3, 0.4) is 0 Å². The fourth-order valence-electron chi connectivity index (χ4n) is 5.38. The lowest BCUT2D eigenvalue weighted by Gasteiger charge is -2.37. The maximum Gasteiger partial charge on any atom is 0.00695 e. The van der Waals surface area contributed by atoms with Gasteiger partial charge in [0, 0.05) is 11.4 Å². The normalized spacial score (nSPS) is 19.1. The van der Waals surface area contributed by atoms with Crippen LogP contribution in [0.1, 0.15) is 71.3 Å². The third-order valence-corrected chi connectivity index (χ3v) is 8.09. The number of benzene rings is 2. The number of hydrogen-bond donors (Lipinski definition) is 0. The second-order valence-corrected chi connectivity index (χ2v) is 10.6. The summed E-state index contributed by atoms with van der Waals surface area (Å²) in [6.07, 6.45) is 13.3. The van der Waals surface area contributed by atoms with Crippen LogP contribution >= 0.6 is 11.8 Å². The molecule has 0 spiro atoms. The van der Waals surface area contributed by atoms with Gasteiger partial charge < -0.3 is 4.90 Å². The summed E-state index contributed by atoms with van der Waals surface area (Å²) >= 11 is 1.80. The van der Waals surface area contributed by atoms with Crippen molar-refractivity contribution in [2.75, 3.05) is 25.9 Å². The van der Waals surface area contributed by atoms with Crippen LogP contribution in [0.5, 0.6) is 0 Å². The predicted molar refractivity (Wildman–Crippen MR) is 139 cm³/mol. The Balaban J connectivity index is 0.00000132. The SMILES string of the molecule is CC.CSc1ccc(-c2ccc(CCC3CCN(CC4(C)CCCC4)CC3)cc2)cc1. The van der Waals surface area contributed by atoms with Crippen LogP contribution in [0.15, 0.2) is 53.4 Å². The maximum absolute atomic E-state index is 2.76. The average Bonchev–Trinajstić information content (AvgIpc) is 3.26. The minimum Gasteiger partial charge on any atom is -0.303 e. The fourth-order valence-corrected chi connectivity index (χ4v) is 5.79. The molecule has 1 saturated carbocycles. The smallest absolute Gasteiger partial charge is 0.00695 e. The van der Waals surface area contributed by atoms with Crippen LogP contribution in [0.4, 0.5) is 0 Å². The van der Waals surface area contributed by atoms with E-state index in [4.69, 9.17) is 0 Å². The Morgan fingerprint density at radius 3 is 1.97 bits per heavy atom. The quantitative estimate of drug-likeness (QED) is 0.400. The molecule has 1 saturated heterocycles. The molecule has 1 aliphatic heterocycles. The van der Waals surface area contributed by atoms with Crippen molar-refractivity contribution in [3.63, 3.8) is 0 Å². The second-order valence-electron chi connectivity index (χ2n) is 9.70. The Hall–Kier alpha value is -1.25. The molecular formula is C29H43NS. The van der Waals surface area contributed by atoms with Crippen LogP contribution in [0.25, 0.3) is 11.1 Å². The molecule has 0 N–H and O–H groups in total. The number of piperidine rings is 1. The largest absolute Gasteiger partial charge is 0.303 e. The monoisotopic (exact) mass is 437 g/mol. The molecule has 2 heteroatoms. The van der Waals surface area contributed by atoms with Gasteiger partial charge in [0.1, 0.15) is 0 Å². The molecule has 0 amide bonds. The van der Waals surface area contributed by atoms with E-state index in [9.17, 15) is 0 Å². The van der Waals surface area contributed by atoms with E-state index >= 15 is 0 Å². The van der Waals surface area contributed by atoms with Gasteiger partial charge in [0.15, 0.2) is 0 Å². The summed E-state index contributed by atoms with van der Waals surface area (Å²) in [5.41, 5.74) is 4.76. The Morgan fingerprint density at radius 1 is 0.871 bits per heavy atom. The van der Waals surface area contributed by atoms with Crippen LogP contribution in [-0.2, 0) is 6.42 Å². The van der Waals surface area contributed by atoms with Crippen molar-refractivity contribution in [3.05, 3.63) is 54.1 Å². The lowest BCUT2D eigenvalue weighted by Crippen LogP contribution is -2.40. The van der Waals surface area contributed by atoms with Crippen LogP contribution in [0.2, 0.25) is 0 Å². The molecule has 2 aromatic carbocycles. The highest BCUT2D eigenvalue weighted by atomic mass is 32.2. The van der Waals surface area contributed by atoms with E-state index in [0.717, 1.165) is 5.92 Å². The van der Waals surface area contributed by atoms with Crippen molar-refractivity contribution in [3.8, 4) is 11.1 Å². The van der Waals surface area contributed by atoms with E-state index < -0.39 is 0 Å². The summed E-state index contributed by atoms with van der Waals surface area (Å²) in [4.78, 5) is 4.09. The molecule has 0 aromatic heterocycles. The zero-order valence-electron chi connectivity index (χ0n) is 20.3. The zero-order chi connectivity index (χ0) is 22.1. The van der Waals surface area contributed by atoms with Crippen molar-refractivity contribution in [1.82, 2.24) is 4.90 Å². The number of likely N-dealkylation sites (tertiary alicyclic amines) is 1. The van der Waals surface area contributed by atoms with E-state index in [1.54, 1.807) is 11.8 Å². The minimum absolute atomic E-state index is 0.615. The molecule has 4 rings (SSSR count). The standard InChI is InChI=1S/C27H37NS.C2H6/c1-27(17-3-4-18-27)21-28-19-15-23(16-20-28)6-5-22-7-9-24(10-8-22)25-11-13-26(29-2)14-12-25;1-2/h7-14,23H,3-6,15-21H2,1-2H3;1-2H3. The van der Waals surface area contributed by atoms with Crippen molar-refractivity contribution in [2.24, 2.45) is 11.3 Å². The van der Waals surface area contributed by atoms with Gasteiger partial charge in [-0.15, -0.1) is 11.8 Å². The summed E-state index contributed by atoms with van der Waals surface area (Å²) in [5, 5.41) is 0. The van der Waals surface area contributed by atoms with E-state index in [1.807, 2.05) is 13.8 Å². The molecule has 1 heterocycles. The molecule has 2 aliphatic rings. The van der Waals surface area contributed by atoms with Gasteiger partial charge in [-0.1, -0.05) is 70.0 Å². The molecule has 1 aliphatic carbocycles. The molecule has 170 valence electrons. The number of aryl methyl sites for hydroxylation is 1. The van der Waals surface area contributed by atoms with Crippen LogP contribution in [-0.4, -0.2) is 30.8 Å². The molecular weight excluding hydrogens is 394 g/mol. The van der Waals surface area contributed by atoms with Gasteiger partial charge >= 0.3 is 0 Å².